The maximum absolute atomic E-state index is 9.81. The van der Waals surface area contributed by atoms with E-state index in [0.717, 1.165) is 0 Å². The van der Waals surface area contributed by atoms with E-state index in [4.69, 9.17) is 52.1 Å². The predicted octanol–water partition coefficient (Wildman–Crippen LogP) is 0.0530. The second-order valence-corrected chi connectivity index (χ2v) is 15.2. The van der Waals surface area contributed by atoms with Gasteiger partial charge in [0.2, 0.25) is 0 Å². The van der Waals surface area contributed by atoms with Crippen LogP contribution in [0.15, 0.2) is 0 Å². The van der Waals surface area contributed by atoms with Crippen molar-refractivity contribution < 1.29 is 87.9 Å². The van der Waals surface area contributed by atoms with E-state index in [2.05, 4.69) is 0 Å². The zero-order valence-electron chi connectivity index (χ0n) is 35.9. The quantitative estimate of drug-likeness (QED) is 0.0403. The lowest BCUT2D eigenvalue weighted by atomic mass is 9.83. The van der Waals surface area contributed by atoms with Crippen molar-refractivity contribution >= 4 is 0 Å². The molecule has 0 rings (SSSR count). The molecule has 0 spiro atoms. The summed E-state index contributed by atoms with van der Waals surface area (Å²) in [6.45, 7) is 15.1. The van der Waals surface area contributed by atoms with Crippen LogP contribution in [0, 0.1) is 5.41 Å². The lowest BCUT2D eigenvalue weighted by Crippen LogP contribution is -2.39. The SMILES string of the molecule is CCC(CCOC(COCC(C)O)OCC(C)O)(COCC(COCC(C)O)OCC(C)O)COCC(COCC(C)O)OCC(COCC(C)O)OCC(C)O. The Morgan fingerprint density at radius 1 is 0.351 bits per heavy atom. The monoisotopic (exact) mass is 837 g/mol. The van der Waals surface area contributed by atoms with Crippen LogP contribution in [-0.2, 0) is 52.1 Å². The lowest BCUT2D eigenvalue weighted by molar-refractivity contribution is -0.192. The molecule has 12 atom stereocenters. The molecule has 18 nitrogen and oxygen atoms in total. The van der Waals surface area contributed by atoms with Crippen molar-refractivity contribution in [3.63, 3.8) is 0 Å². The molecule has 344 valence electrons. The Hall–Kier alpha value is -0.720. The van der Waals surface area contributed by atoms with E-state index in [1.54, 1.807) is 48.5 Å². The Morgan fingerprint density at radius 3 is 1.04 bits per heavy atom. The molecule has 0 fully saturated rings. The van der Waals surface area contributed by atoms with E-state index >= 15 is 0 Å². The number of aliphatic hydroxyl groups excluding tert-OH is 7. The second-order valence-electron chi connectivity index (χ2n) is 15.2. The topological polar surface area (TPSA) is 243 Å². The average molecular weight is 837 g/mol. The average Bonchev–Trinajstić information content (AvgIpc) is 3.11. The van der Waals surface area contributed by atoms with Crippen molar-refractivity contribution in [2.45, 2.75) is 136 Å². The highest BCUT2D eigenvalue weighted by atomic mass is 16.7. The molecule has 0 aromatic heterocycles. The summed E-state index contributed by atoms with van der Waals surface area (Å²) in [5, 5.41) is 68.1. The van der Waals surface area contributed by atoms with Gasteiger partial charge in [-0.2, -0.15) is 0 Å². The molecule has 12 unspecified atom stereocenters. The molecule has 0 aromatic carbocycles. The number of hydrogen-bond acceptors (Lipinski definition) is 18. The van der Waals surface area contributed by atoms with E-state index in [0.29, 0.717) is 12.8 Å². The van der Waals surface area contributed by atoms with Gasteiger partial charge in [0, 0.05) is 5.41 Å². The summed E-state index contributed by atoms with van der Waals surface area (Å²) in [5.74, 6) is 0. The van der Waals surface area contributed by atoms with Crippen molar-refractivity contribution in [3.05, 3.63) is 0 Å². The minimum absolute atomic E-state index is 0.0228. The molecular formula is C39H80O18. The molecule has 0 aliphatic heterocycles. The molecule has 0 bridgehead atoms. The molecule has 0 saturated heterocycles. The summed E-state index contributed by atoms with van der Waals surface area (Å²) >= 11 is 0. The van der Waals surface area contributed by atoms with Gasteiger partial charge in [0.25, 0.3) is 0 Å². The molecule has 57 heavy (non-hydrogen) atoms. The fourth-order valence-corrected chi connectivity index (χ4v) is 4.85. The van der Waals surface area contributed by atoms with E-state index < -0.39 is 72.7 Å². The normalized spacial score (nSPS) is 19.2. The Labute approximate surface area is 340 Å². The molecule has 0 heterocycles. The minimum Gasteiger partial charge on any atom is -0.391 e. The maximum atomic E-state index is 9.81. The largest absolute Gasteiger partial charge is 0.391 e. The van der Waals surface area contributed by atoms with Gasteiger partial charge in [-0.1, -0.05) is 6.92 Å². The number of hydrogen-bond donors (Lipinski definition) is 7. The van der Waals surface area contributed by atoms with E-state index in [-0.39, 0.29) is 112 Å². The zero-order chi connectivity index (χ0) is 43.1. The fraction of sp³-hybridized carbons (Fsp3) is 1.00. The third kappa shape index (κ3) is 34.7. The van der Waals surface area contributed by atoms with Gasteiger partial charge in [-0.15, -0.1) is 0 Å². The lowest BCUT2D eigenvalue weighted by Gasteiger charge is -2.34. The second kappa shape index (κ2) is 34.9. The van der Waals surface area contributed by atoms with Crippen molar-refractivity contribution in [1.29, 1.82) is 0 Å². The van der Waals surface area contributed by atoms with Crippen molar-refractivity contribution in [3.8, 4) is 0 Å². The first-order chi connectivity index (χ1) is 27.0. The van der Waals surface area contributed by atoms with Crippen LogP contribution in [0.4, 0.5) is 0 Å². The van der Waals surface area contributed by atoms with Crippen LogP contribution in [0.25, 0.3) is 0 Å². The van der Waals surface area contributed by atoms with Gasteiger partial charge in [0.15, 0.2) is 6.29 Å². The highest BCUT2D eigenvalue weighted by Crippen LogP contribution is 2.29. The molecule has 0 saturated carbocycles. The smallest absolute Gasteiger partial charge is 0.180 e. The summed E-state index contributed by atoms with van der Waals surface area (Å²) in [5.41, 5.74) is -0.604. The van der Waals surface area contributed by atoms with E-state index in [1.807, 2.05) is 6.92 Å². The van der Waals surface area contributed by atoms with Crippen LogP contribution in [-0.4, -0.2) is 215 Å². The maximum Gasteiger partial charge on any atom is 0.180 e. The fourth-order valence-electron chi connectivity index (χ4n) is 4.85. The van der Waals surface area contributed by atoms with E-state index in [9.17, 15) is 35.7 Å². The summed E-state index contributed by atoms with van der Waals surface area (Å²) in [7, 11) is 0. The Balaban J connectivity index is 5.98. The van der Waals surface area contributed by atoms with Crippen molar-refractivity contribution in [2.24, 2.45) is 5.41 Å². The number of ether oxygens (including phenoxy) is 11. The molecule has 0 aliphatic carbocycles. The van der Waals surface area contributed by atoms with Gasteiger partial charge in [-0.05, 0) is 61.3 Å². The minimum atomic E-state index is -0.809. The van der Waals surface area contributed by atoms with Gasteiger partial charge in [0.05, 0.1) is 155 Å². The van der Waals surface area contributed by atoms with Crippen LogP contribution in [0.5, 0.6) is 0 Å². The number of rotatable bonds is 41. The molecule has 0 amide bonds. The highest BCUT2D eigenvalue weighted by Gasteiger charge is 2.31. The van der Waals surface area contributed by atoms with Gasteiger partial charge in [0.1, 0.15) is 18.3 Å². The van der Waals surface area contributed by atoms with Crippen LogP contribution >= 0.6 is 0 Å². The van der Waals surface area contributed by atoms with Crippen molar-refractivity contribution in [1.82, 2.24) is 0 Å². The Kier molecular flexibility index (Phi) is 34.5. The molecule has 7 N–H and O–H groups in total. The first-order valence-corrected chi connectivity index (χ1v) is 20.3. The zero-order valence-corrected chi connectivity index (χ0v) is 35.9. The summed E-state index contributed by atoms with van der Waals surface area (Å²) in [6, 6.07) is 0. The first-order valence-electron chi connectivity index (χ1n) is 20.3. The Bertz CT molecular complexity index is 842. The highest BCUT2D eigenvalue weighted by molar-refractivity contribution is 4.79. The van der Waals surface area contributed by atoms with Crippen LogP contribution in [0.3, 0.4) is 0 Å². The standard InChI is InChI=1S/C39H80O18/c1-9-39(10-11-53-38(57-18-34(8)46)25-50-15-31(5)43,26-51-22-35(54-16-32(6)44)19-47-12-28(2)40)27-52-23-36(20-48-13-29(3)41)56-24-37(55-17-33(7)45)21-49-14-30(4)42/h28-38,40-46H,9-27H2,1-8H3. The molecule has 0 radical (unpaired) electrons. The molecular weight excluding hydrogens is 756 g/mol. The summed E-state index contributed by atoms with van der Waals surface area (Å²) < 4.78 is 64.6. The van der Waals surface area contributed by atoms with Gasteiger partial charge < -0.3 is 87.9 Å². The molecule has 0 aromatic rings. The van der Waals surface area contributed by atoms with Crippen LogP contribution < -0.4 is 0 Å². The third-order valence-corrected chi connectivity index (χ3v) is 7.90. The molecule has 18 heteroatoms. The van der Waals surface area contributed by atoms with Gasteiger partial charge >= 0.3 is 0 Å². The van der Waals surface area contributed by atoms with Gasteiger partial charge in [-0.25, -0.2) is 0 Å². The van der Waals surface area contributed by atoms with Crippen LogP contribution in [0.1, 0.15) is 68.2 Å². The molecule has 0 aliphatic rings. The van der Waals surface area contributed by atoms with E-state index in [1.165, 1.54) is 0 Å². The summed E-state index contributed by atoms with van der Waals surface area (Å²) in [6.07, 6.45) is -6.24. The Morgan fingerprint density at radius 2 is 0.667 bits per heavy atom. The predicted molar refractivity (Wildman–Crippen MR) is 209 cm³/mol. The van der Waals surface area contributed by atoms with Gasteiger partial charge in [-0.3, -0.25) is 0 Å². The van der Waals surface area contributed by atoms with Crippen molar-refractivity contribution in [2.75, 3.05) is 112 Å². The third-order valence-electron chi connectivity index (χ3n) is 7.90. The first kappa shape index (κ1) is 56.3. The summed E-state index contributed by atoms with van der Waals surface area (Å²) in [4.78, 5) is 0. The number of aliphatic hydroxyl groups is 7. The van der Waals surface area contributed by atoms with Crippen LogP contribution in [0.2, 0.25) is 0 Å².